The van der Waals surface area contributed by atoms with E-state index >= 15 is 0 Å². The van der Waals surface area contributed by atoms with E-state index in [9.17, 15) is 8.42 Å². The van der Waals surface area contributed by atoms with Crippen LogP contribution in [0.15, 0.2) is 30.3 Å². The van der Waals surface area contributed by atoms with Gasteiger partial charge in [-0.1, -0.05) is 30.3 Å². The predicted molar refractivity (Wildman–Crippen MR) is 70.9 cm³/mol. The zero-order valence-corrected chi connectivity index (χ0v) is 13.0. The van der Waals surface area contributed by atoms with Crippen LogP contribution in [0, 0.1) is 13.8 Å². The van der Waals surface area contributed by atoms with Crippen LogP contribution in [-0.4, -0.2) is 32.1 Å². The first-order chi connectivity index (χ1) is 7.57. The van der Waals surface area contributed by atoms with E-state index in [1.54, 1.807) is 0 Å². The van der Waals surface area contributed by atoms with Crippen LogP contribution in [0.5, 0.6) is 0 Å². The van der Waals surface area contributed by atoms with Crippen LogP contribution < -0.4 is 0 Å². The molecule has 0 spiro atoms. The van der Waals surface area contributed by atoms with Crippen molar-refractivity contribution < 1.29 is 27.0 Å². The molecule has 0 amide bonds. The maximum atomic E-state index is 11.5. The molecule has 1 unspecified atom stereocenters. The summed E-state index contributed by atoms with van der Waals surface area (Å²) in [5.41, 5.74) is 1.21. The van der Waals surface area contributed by atoms with Crippen LogP contribution in [-0.2, 0) is 28.6 Å². The van der Waals surface area contributed by atoms with Crippen molar-refractivity contribution in [1.29, 1.82) is 0 Å². The van der Waals surface area contributed by atoms with Crippen molar-refractivity contribution in [3.63, 3.8) is 0 Å². The minimum Gasteiger partial charge on any atom is -0.358 e. The Balaban J connectivity index is 0.00000144. The van der Waals surface area contributed by atoms with Gasteiger partial charge in [-0.3, -0.25) is 0 Å². The number of hydrogen-bond donors (Lipinski definition) is 0. The van der Waals surface area contributed by atoms with Gasteiger partial charge >= 0.3 is 18.6 Å². The molecule has 1 saturated heterocycles. The summed E-state index contributed by atoms with van der Waals surface area (Å²) in [5.74, 6) is 0.296. The number of nitrogens with zero attached hydrogens (tertiary/aromatic N) is 1. The number of benzene rings is 1. The second-order valence-corrected chi connectivity index (χ2v) is 6.19. The molecule has 2 rings (SSSR count). The average molecular weight is 304 g/mol. The zero-order valence-electron chi connectivity index (χ0n) is 10.8. The monoisotopic (exact) mass is 304 g/mol. The van der Waals surface area contributed by atoms with E-state index in [0.29, 0.717) is 19.0 Å². The summed E-state index contributed by atoms with van der Waals surface area (Å²) in [6, 6.07) is 10.1. The second-order valence-electron chi connectivity index (χ2n) is 4.21. The van der Waals surface area contributed by atoms with Gasteiger partial charge in [-0.05, 0) is 11.5 Å². The van der Waals surface area contributed by atoms with Gasteiger partial charge in [0, 0.05) is 6.54 Å². The number of rotatable bonds is 2. The fourth-order valence-electron chi connectivity index (χ4n) is 2.05. The summed E-state index contributed by atoms with van der Waals surface area (Å²) >= 11 is 0. The Morgan fingerprint density at radius 2 is 1.89 bits per heavy atom. The molecular formula is C13H19NO2SV. The van der Waals surface area contributed by atoms with Crippen LogP contribution >= 0.6 is 0 Å². The Hall–Kier alpha value is -0.286. The van der Waals surface area contributed by atoms with Crippen molar-refractivity contribution >= 4 is 10.0 Å². The van der Waals surface area contributed by atoms with Gasteiger partial charge in [-0.2, -0.15) is 6.42 Å². The normalized spacial score (nSPS) is 20.6. The standard InChI is InChI=1S/C12H16NO2S.CH3.V/c1-16(14,15)13-9-5-8-12(10-13)11-6-3-2-4-7-11;;/h2-7,12H,8-10H2,1H3;1H3;/q2*-1;+2. The van der Waals surface area contributed by atoms with Crippen LogP contribution in [0.25, 0.3) is 0 Å². The molecule has 0 aromatic heterocycles. The van der Waals surface area contributed by atoms with Crippen LogP contribution in [0.3, 0.4) is 0 Å². The van der Waals surface area contributed by atoms with E-state index in [0.717, 1.165) is 6.42 Å². The molecule has 1 radical (unpaired) electrons. The summed E-state index contributed by atoms with van der Waals surface area (Å²) in [6.45, 7) is 1.14. The Morgan fingerprint density at radius 1 is 1.28 bits per heavy atom. The van der Waals surface area contributed by atoms with Gasteiger partial charge in [0.15, 0.2) is 0 Å². The maximum absolute atomic E-state index is 11.5. The van der Waals surface area contributed by atoms with Gasteiger partial charge < -0.3 is 13.8 Å². The summed E-state index contributed by atoms with van der Waals surface area (Å²) in [4.78, 5) is 0. The molecule has 1 aromatic carbocycles. The second kappa shape index (κ2) is 7.34. The molecular weight excluding hydrogens is 285 g/mol. The smallest absolute Gasteiger partial charge is 0.358 e. The van der Waals surface area contributed by atoms with Gasteiger partial charge in [0.1, 0.15) is 0 Å². The third-order valence-corrected chi connectivity index (χ3v) is 4.18. The number of hydrogen-bond acceptors (Lipinski definition) is 2. The largest absolute Gasteiger partial charge is 2.00 e. The van der Waals surface area contributed by atoms with Gasteiger partial charge in [0.05, 0.1) is 6.26 Å². The Kier molecular flexibility index (Phi) is 7.22. The van der Waals surface area contributed by atoms with E-state index in [1.807, 2.05) is 24.6 Å². The quantitative estimate of drug-likeness (QED) is 0.785. The minimum absolute atomic E-state index is 0. The SMILES string of the molecule is CS(=O)(=O)N1C[CH-]CC(c2ccccc2)C1.[CH3-].[V+2]. The van der Waals surface area contributed by atoms with Crippen molar-refractivity contribution in [1.82, 2.24) is 4.31 Å². The fourth-order valence-corrected chi connectivity index (χ4v) is 2.88. The molecule has 1 heterocycles. The molecule has 1 atom stereocenters. The van der Waals surface area contributed by atoms with Crippen LogP contribution in [0.4, 0.5) is 0 Å². The minimum atomic E-state index is -3.06. The van der Waals surface area contributed by atoms with Crippen molar-refractivity contribution in [3.8, 4) is 0 Å². The molecule has 99 valence electrons. The van der Waals surface area contributed by atoms with Crippen molar-refractivity contribution in [2.75, 3.05) is 19.3 Å². The molecule has 3 nitrogen and oxygen atoms in total. The summed E-state index contributed by atoms with van der Waals surface area (Å²) < 4.78 is 24.5. The summed E-state index contributed by atoms with van der Waals surface area (Å²) in [5, 5.41) is 0. The molecule has 1 aromatic rings. The first kappa shape index (κ1) is 17.7. The van der Waals surface area contributed by atoms with Crippen molar-refractivity contribution in [2.24, 2.45) is 0 Å². The molecule has 5 heteroatoms. The molecule has 18 heavy (non-hydrogen) atoms. The number of piperidine rings is 1. The van der Waals surface area contributed by atoms with Gasteiger partial charge in [-0.15, -0.1) is 6.54 Å². The topological polar surface area (TPSA) is 37.4 Å². The first-order valence-electron chi connectivity index (χ1n) is 5.39. The van der Waals surface area contributed by atoms with Crippen molar-refractivity contribution in [2.45, 2.75) is 12.3 Å². The third-order valence-electron chi connectivity index (χ3n) is 2.95. The molecule has 0 aliphatic carbocycles. The van der Waals surface area contributed by atoms with E-state index in [1.165, 1.54) is 16.1 Å². The van der Waals surface area contributed by atoms with E-state index in [2.05, 4.69) is 12.1 Å². The van der Waals surface area contributed by atoms with Gasteiger partial charge in [0.25, 0.3) is 0 Å². The molecule has 0 bridgehead atoms. The van der Waals surface area contributed by atoms with Gasteiger partial charge in [0.2, 0.25) is 10.0 Å². The fraction of sp³-hybridized carbons (Fsp3) is 0.385. The van der Waals surface area contributed by atoms with E-state index in [-0.39, 0.29) is 26.0 Å². The molecule has 1 aliphatic rings. The first-order valence-corrected chi connectivity index (χ1v) is 7.24. The van der Waals surface area contributed by atoms with E-state index < -0.39 is 10.0 Å². The average Bonchev–Trinajstić information content (AvgIpc) is 2.29. The molecule has 0 N–H and O–H groups in total. The molecule has 0 saturated carbocycles. The Morgan fingerprint density at radius 3 is 2.44 bits per heavy atom. The third kappa shape index (κ3) is 4.43. The van der Waals surface area contributed by atoms with E-state index in [4.69, 9.17) is 0 Å². The predicted octanol–water partition coefficient (Wildman–Crippen LogP) is 2.09. The van der Waals surface area contributed by atoms with Crippen LogP contribution in [0.2, 0.25) is 0 Å². The molecule has 1 fully saturated rings. The zero-order chi connectivity index (χ0) is 11.6. The Bertz CT molecular complexity index is 447. The van der Waals surface area contributed by atoms with Crippen LogP contribution in [0.1, 0.15) is 17.9 Å². The summed E-state index contributed by atoms with van der Waals surface area (Å²) in [7, 11) is -3.06. The maximum Gasteiger partial charge on any atom is 2.00 e. The van der Waals surface area contributed by atoms with Gasteiger partial charge in [-0.25, -0.2) is 12.7 Å². The van der Waals surface area contributed by atoms with Crippen molar-refractivity contribution in [3.05, 3.63) is 49.7 Å². The molecule has 1 aliphatic heterocycles. The number of sulfonamides is 1. The Labute approximate surface area is 123 Å². The summed E-state index contributed by atoms with van der Waals surface area (Å²) in [6.07, 6.45) is 4.27.